The van der Waals surface area contributed by atoms with Crippen LogP contribution < -0.4 is 4.74 Å². The first kappa shape index (κ1) is 23.9. The molecule has 3 unspecified atom stereocenters. The number of unbranched alkanes of at least 4 members (excludes halogenated alkanes) is 3. The topological polar surface area (TPSA) is 70.3 Å². The van der Waals surface area contributed by atoms with E-state index in [9.17, 15) is 15.2 Å². The van der Waals surface area contributed by atoms with Crippen LogP contribution >= 0.6 is 0 Å². The van der Waals surface area contributed by atoms with Gasteiger partial charge in [-0.25, -0.2) is 0 Å². The molecule has 4 nitrogen and oxygen atoms in total. The Balaban J connectivity index is 1.75. The van der Waals surface area contributed by atoms with Gasteiger partial charge in [-0.15, -0.1) is 0 Å². The summed E-state index contributed by atoms with van der Waals surface area (Å²) in [5.41, 5.74) is 1.79. The summed E-state index contributed by atoms with van der Waals surface area (Å²) in [7, 11) is 0. The third kappa shape index (κ3) is 5.15. The summed E-state index contributed by atoms with van der Waals surface area (Å²) in [6, 6.07) is 18.4. The zero-order valence-corrected chi connectivity index (χ0v) is 19.3. The van der Waals surface area contributed by atoms with Crippen molar-refractivity contribution in [2.24, 2.45) is 11.3 Å². The second kappa shape index (κ2) is 11.2. The Bertz CT molecular complexity index is 913. The lowest BCUT2D eigenvalue weighted by Gasteiger charge is -2.41. The lowest BCUT2D eigenvalue weighted by atomic mass is 9.59. The van der Waals surface area contributed by atoms with Crippen molar-refractivity contribution in [1.29, 1.82) is 5.26 Å². The Hall–Kier alpha value is -2.80. The van der Waals surface area contributed by atoms with E-state index in [1.54, 1.807) is 0 Å². The minimum atomic E-state index is -1.34. The van der Waals surface area contributed by atoms with Crippen LogP contribution in [0.25, 0.3) is 11.1 Å². The number of carboxylic acid groups (broad SMARTS) is 1. The lowest BCUT2D eigenvalue weighted by Crippen LogP contribution is -2.42. The summed E-state index contributed by atoms with van der Waals surface area (Å²) < 4.78 is 5.84. The number of nitrogens with zero attached hydrogens (tertiary/aromatic N) is 1. The van der Waals surface area contributed by atoms with Crippen molar-refractivity contribution in [3.8, 4) is 22.9 Å². The van der Waals surface area contributed by atoms with E-state index in [2.05, 4.69) is 32.0 Å². The molecule has 0 heterocycles. The van der Waals surface area contributed by atoms with Crippen LogP contribution in [0.15, 0.2) is 48.5 Å². The third-order valence-electron chi connectivity index (χ3n) is 6.98. The highest BCUT2D eigenvalue weighted by Crippen LogP contribution is 2.51. The van der Waals surface area contributed by atoms with Gasteiger partial charge >= 0.3 is 5.97 Å². The molecule has 0 radical (unpaired) electrons. The van der Waals surface area contributed by atoms with Crippen LogP contribution in [0.1, 0.15) is 76.7 Å². The molecule has 0 aliphatic heterocycles. The van der Waals surface area contributed by atoms with Crippen LogP contribution in [-0.4, -0.2) is 17.7 Å². The maximum absolute atomic E-state index is 12.2. The van der Waals surface area contributed by atoms with Crippen LogP contribution in [0, 0.1) is 22.7 Å². The monoisotopic (exact) mass is 433 g/mol. The van der Waals surface area contributed by atoms with Gasteiger partial charge in [-0.05, 0) is 54.0 Å². The van der Waals surface area contributed by atoms with Gasteiger partial charge in [0.05, 0.1) is 12.7 Å². The molecule has 3 rings (SSSR count). The average Bonchev–Trinajstić information content (AvgIpc) is 2.83. The summed E-state index contributed by atoms with van der Waals surface area (Å²) in [6.07, 6.45) is 7.82. The minimum Gasteiger partial charge on any atom is -0.494 e. The van der Waals surface area contributed by atoms with Crippen molar-refractivity contribution in [3.05, 3.63) is 54.1 Å². The van der Waals surface area contributed by atoms with Gasteiger partial charge in [0.2, 0.25) is 0 Å². The summed E-state index contributed by atoms with van der Waals surface area (Å²) >= 11 is 0. The quantitative estimate of drug-likeness (QED) is 0.402. The molecule has 0 spiro atoms. The van der Waals surface area contributed by atoms with Crippen LogP contribution in [-0.2, 0) is 4.79 Å². The number of hydrogen-bond acceptors (Lipinski definition) is 3. The molecule has 3 atom stereocenters. The zero-order chi connectivity index (χ0) is 23.0. The van der Waals surface area contributed by atoms with Crippen LogP contribution in [0.4, 0.5) is 0 Å². The van der Waals surface area contributed by atoms with Crippen LogP contribution in [0.3, 0.4) is 0 Å². The molecule has 4 heteroatoms. The van der Waals surface area contributed by atoms with E-state index >= 15 is 0 Å². The van der Waals surface area contributed by atoms with Gasteiger partial charge in [0.25, 0.3) is 0 Å². The van der Waals surface area contributed by atoms with E-state index < -0.39 is 11.4 Å². The average molecular weight is 434 g/mol. The largest absolute Gasteiger partial charge is 0.494 e. The number of hydrogen-bond donors (Lipinski definition) is 1. The summed E-state index contributed by atoms with van der Waals surface area (Å²) in [5, 5.41) is 19.8. The molecule has 2 aromatic rings. The van der Waals surface area contributed by atoms with Gasteiger partial charge in [0, 0.05) is 5.92 Å². The normalized spacial score (nSPS) is 22.8. The van der Waals surface area contributed by atoms with Gasteiger partial charge < -0.3 is 9.84 Å². The summed E-state index contributed by atoms with van der Waals surface area (Å²) in [4.78, 5) is 12.2. The second-order valence-corrected chi connectivity index (χ2v) is 8.98. The fourth-order valence-electron chi connectivity index (χ4n) is 5.12. The van der Waals surface area contributed by atoms with E-state index in [1.165, 1.54) is 19.3 Å². The Kier molecular flexibility index (Phi) is 8.33. The Morgan fingerprint density at radius 3 is 2.28 bits per heavy atom. The molecule has 0 aromatic heterocycles. The summed E-state index contributed by atoms with van der Waals surface area (Å²) in [5.74, 6) is -0.173. The van der Waals surface area contributed by atoms with E-state index in [1.807, 2.05) is 36.4 Å². The third-order valence-corrected chi connectivity index (χ3v) is 6.98. The summed E-state index contributed by atoms with van der Waals surface area (Å²) in [6.45, 7) is 5.04. The molecule has 0 saturated heterocycles. The van der Waals surface area contributed by atoms with E-state index in [4.69, 9.17) is 4.74 Å². The maximum Gasteiger partial charge on any atom is 0.324 e. The van der Waals surface area contributed by atoms with Gasteiger partial charge in [-0.3, -0.25) is 4.79 Å². The molecule has 170 valence electrons. The molecule has 32 heavy (non-hydrogen) atoms. The van der Waals surface area contributed by atoms with Crippen molar-refractivity contribution in [2.75, 3.05) is 6.61 Å². The van der Waals surface area contributed by atoms with Crippen molar-refractivity contribution >= 4 is 5.97 Å². The molecule has 1 aliphatic rings. The Morgan fingerprint density at radius 2 is 1.72 bits per heavy atom. The number of benzene rings is 2. The van der Waals surface area contributed by atoms with Crippen molar-refractivity contribution in [1.82, 2.24) is 0 Å². The van der Waals surface area contributed by atoms with Crippen molar-refractivity contribution in [2.45, 2.75) is 71.1 Å². The second-order valence-electron chi connectivity index (χ2n) is 8.98. The highest BCUT2D eigenvalue weighted by Gasteiger charge is 2.52. The minimum absolute atomic E-state index is 0.208. The molecule has 1 aliphatic carbocycles. The number of carbonyl (C=O) groups is 1. The van der Waals surface area contributed by atoms with Crippen molar-refractivity contribution < 1.29 is 14.6 Å². The van der Waals surface area contributed by atoms with Gasteiger partial charge in [-0.2, -0.15) is 5.26 Å². The predicted molar refractivity (Wildman–Crippen MR) is 128 cm³/mol. The first-order chi connectivity index (χ1) is 15.6. The molecule has 1 fully saturated rings. The highest BCUT2D eigenvalue weighted by atomic mass is 16.5. The van der Waals surface area contributed by atoms with E-state index in [-0.39, 0.29) is 11.8 Å². The zero-order valence-electron chi connectivity index (χ0n) is 19.3. The SMILES string of the molecule is CCCCCCOc1ccc(-c2ccc(C3C(CC)CCCC3(C#N)C(=O)O)cc2)cc1. The van der Waals surface area contributed by atoms with E-state index in [0.29, 0.717) is 6.42 Å². The van der Waals surface area contributed by atoms with E-state index in [0.717, 1.165) is 54.7 Å². The fourth-order valence-corrected chi connectivity index (χ4v) is 5.12. The van der Waals surface area contributed by atoms with Gasteiger partial charge in [0.15, 0.2) is 5.41 Å². The molecule has 0 bridgehead atoms. The molecule has 1 N–H and O–H groups in total. The van der Waals surface area contributed by atoms with Crippen LogP contribution in [0.5, 0.6) is 5.75 Å². The van der Waals surface area contributed by atoms with Crippen molar-refractivity contribution in [3.63, 3.8) is 0 Å². The first-order valence-corrected chi connectivity index (χ1v) is 12.0. The van der Waals surface area contributed by atoms with Crippen LogP contribution in [0.2, 0.25) is 0 Å². The number of nitriles is 1. The molecular formula is C28H35NO3. The molecular weight excluding hydrogens is 398 g/mol. The highest BCUT2D eigenvalue weighted by molar-refractivity contribution is 5.80. The Labute approximate surface area is 192 Å². The first-order valence-electron chi connectivity index (χ1n) is 12.0. The van der Waals surface area contributed by atoms with Gasteiger partial charge in [-0.1, -0.05) is 82.3 Å². The number of ether oxygens (including phenoxy) is 1. The number of aliphatic carboxylic acids is 1. The molecule has 0 amide bonds. The maximum atomic E-state index is 12.2. The standard InChI is InChI=1S/C28H35NO3/c1-3-5-6-7-19-32-25-16-14-23(15-17-25)22-10-12-24(13-11-22)26-21(4-2)9-8-18-28(26,20-29)27(30)31/h10-17,21,26H,3-9,18-19H2,1-2H3,(H,30,31). The van der Waals surface area contributed by atoms with Gasteiger partial charge in [0.1, 0.15) is 5.75 Å². The molecule has 2 aromatic carbocycles. The molecule has 1 saturated carbocycles. The fraction of sp³-hybridized carbons (Fsp3) is 0.500. The Morgan fingerprint density at radius 1 is 1.06 bits per heavy atom. The lowest BCUT2D eigenvalue weighted by molar-refractivity contribution is -0.149. The number of carboxylic acids is 1. The smallest absolute Gasteiger partial charge is 0.324 e. The predicted octanol–water partition coefficient (Wildman–Crippen LogP) is 7.20. The number of rotatable bonds is 10.